The molecule has 8 heteroatoms. The third kappa shape index (κ3) is 4.02. The maximum absolute atomic E-state index is 11.8. The van der Waals surface area contributed by atoms with Crippen molar-refractivity contribution in [3.05, 3.63) is 17.5 Å². The fraction of sp³-hybridized carbons (Fsp3) is 0.600. The number of amides is 1. The van der Waals surface area contributed by atoms with Gasteiger partial charge in [0.1, 0.15) is 5.69 Å². The zero-order chi connectivity index (χ0) is 13.8. The first-order valence-corrected chi connectivity index (χ1v) is 5.43. The highest BCUT2D eigenvalue weighted by Crippen LogP contribution is 2.13. The molecule has 0 saturated carbocycles. The van der Waals surface area contributed by atoms with E-state index in [1.54, 1.807) is 12.4 Å². The second kappa shape index (κ2) is 5.85. The minimum Gasteiger partial charge on any atom is -0.265 e. The van der Waals surface area contributed by atoms with Gasteiger partial charge in [0.05, 0.1) is 5.69 Å². The quantitative estimate of drug-likeness (QED) is 0.824. The molecule has 0 aliphatic rings. The number of alkyl halides is 3. The molecule has 1 N–H and O–H groups in total. The van der Waals surface area contributed by atoms with Crippen molar-refractivity contribution in [1.82, 2.24) is 15.3 Å². The van der Waals surface area contributed by atoms with Crippen molar-refractivity contribution in [2.45, 2.75) is 33.0 Å². The number of carbonyl (C=O) groups excluding carboxylic acids is 1. The molecule has 0 aliphatic heterocycles. The molecule has 0 bridgehead atoms. The summed E-state index contributed by atoms with van der Waals surface area (Å²) < 4.78 is 36.9. The highest BCUT2D eigenvalue weighted by molar-refractivity contribution is 5.91. The van der Waals surface area contributed by atoms with E-state index in [-0.39, 0.29) is 5.69 Å². The van der Waals surface area contributed by atoms with Crippen LogP contribution in [-0.4, -0.2) is 28.5 Å². The molecule has 0 spiro atoms. The summed E-state index contributed by atoms with van der Waals surface area (Å²) in [6, 6.07) is 1.52. The average Bonchev–Trinajstić information content (AvgIpc) is 2.70. The number of aryl methyl sites for hydroxylation is 2. The lowest BCUT2D eigenvalue weighted by atomic mass is 10.3. The average molecular weight is 265 g/mol. The molecule has 0 atom stereocenters. The van der Waals surface area contributed by atoms with E-state index in [1.807, 2.05) is 6.92 Å². The molecule has 1 aromatic rings. The van der Waals surface area contributed by atoms with Crippen LogP contribution in [0.15, 0.2) is 6.07 Å². The van der Waals surface area contributed by atoms with Gasteiger partial charge in [-0.05, 0) is 19.4 Å². The molecule has 1 aromatic heterocycles. The van der Waals surface area contributed by atoms with Crippen LogP contribution in [0.4, 0.5) is 13.2 Å². The van der Waals surface area contributed by atoms with Gasteiger partial charge in [0.2, 0.25) is 0 Å². The first-order chi connectivity index (χ1) is 8.37. The van der Waals surface area contributed by atoms with Crippen LogP contribution in [-0.2, 0) is 17.8 Å². The molecular formula is C10H14F3N3O2. The first kappa shape index (κ1) is 14.5. The highest BCUT2D eigenvalue weighted by atomic mass is 19.4. The Hall–Kier alpha value is -1.57. The van der Waals surface area contributed by atoms with Gasteiger partial charge in [-0.2, -0.15) is 18.3 Å². The second-order valence-electron chi connectivity index (χ2n) is 3.53. The monoisotopic (exact) mass is 265 g/mol. The summed E-state index contributed by atoms with van der Waals surface area (Å²) in [5.74, 6) is -0.742. The second-order valence-corrected chi connectivity index (χ2v) is 3.53. The third-order valence-electron chi connectivity index (χ3n) is 2.13. The zero-order valence-corrected chi connectivity index (χ0v) is 10.0. The normalized spacial score (nSPS) is 11.6. The van der Waals surface area contributed by atoms with Gasteiger partial charge in [0.25, 0.3) is 5.91 Å². The smallest absolute Gasteiger partial charge is 0.265 e. The summed E-state index contributed by atoms with van der Waals surface area (Å²) >= 11 is 0. The Morgan fingerprint density at radius 3 is 2.67 bits per heavy atom. The predicted octanol–water partition coefficient (Wildman–Crippen LogP) is 1.69. The lowest BCUT2D eigenvalue weighted by Gasteiger charge is -2.08. The predicted molar refractivity (Wildman–Crippen MR) is 56.8 cm³/mol. The molecule has 0 unspecified atom stereocenters. The Balaban J connectivity index is 2.63. The molecule has 0 aliphatic carbocycles. The maximum atomic E-state index is 11.8. The van der Waals surface area contributed by atoms with Gasteiger partial charge in [0, 0.05) is 6.54 Å². The van der Waals surface area contributed by atoms with Gasteiger partial charge < -0.3 is 0 Å². The van der Waals surface area contributed by atoms with Crippen molar-refractivity contribution >= 4 is 5.91 Å². The molecule has 102 valence electrons. The van der Waals surface area contributed by atoms with E-state index in [2.05, 4.69) is 9.94 Å². The Labute approximate surface area is 102 Å². The molecule has 18 heavy (non-hydrogen) atoms. The van der Waals surface area contributed by atoms with Crippen molar-refractivity contribution in [3.8, 4) is 0 Å². The van der Waals surface area contributed by atoms with Crippen molar-refractivity contribution in [2.24, 2.45) is 0 Å². The van der Waals surface area contributed by atoms with Crippen LogP contribution < -0.4 is 5.48 Å². The number of hydrogen-bond donors (Lipinski definition) is 1. The first-order valence-electron chi connectivity index (χ1n) is 5.43. The van der Waals surface area contributed by atoms with Crippen molar-refractivity contribution in [3.63, 3.8) is 0 Å². The van der Waals surface area contributed by atoms with Gasteiger partial charge in [-0.25, -0.2) is 5.48 Å². The van der Waals surface area contributed by atoms with Crippen LogP contribution >= 0.6 is 0 Å². The summed E-state index contributed by atoms with van der Waals surface area (Å²) in [7, 11) is 0. The summed E-state index contributed by atoms with van der Waals surface area (Å²) in [6.07, 6.45) is -3.84. The summed E-state index contributed by atoms with van der Waals surface area (Å²) in [4.78, 5) is 15.7. The van der Waals surface area contributed by atoms with Crippen molar-refractivity contribution in [1.29, 1.82) is 0 Å². The summed E-state index contributed by atoms with van der Waals surface area (Å²) in [6.45, 7) is 2.56. The van der Waals surface area contributed by atoms with E-state index in [9.17, 15) is 18.0 Å². The number of hydroxylamine groups is 1. The number of aromatic nitrogens is 2. The summed E-state index contributed by atoms with van der Waals surface area (Å²) in [5.41, 5.74) is 2.62. The van der Waals surface area contributed by atoms with Gasteiger partial charge in [-0.3, -0.25) is 14.3 Å². The van der Waals surface area contributed by atoms with Crippen LogP contribution in [0, 0.1) is 0 Å². The van der Waals surface area contributed by atoms with E-state index in [0.717, 1.165) is 0 Å². The van der Waals surface area contributed by atoms with Gasteiger partial charge in [-0.1, -0.05) is 6.92 Å². The highest BCUT2D eigenvalue weighted by Gasteiger charge is 2.28. The van der Waals surface area contributed by atoms with Crippen LogP contribution in [0.25, 0.3) is 0 Å². The summed E-state index contributed by atoms with van der Waals surface area (Å²) in [5, 5.41) is 4.10. The molecule has 5 nitrogen and oxygen atoms in total. The molecule has 1 heterocycles. The molecule has 0 aromatic carbocycles. The molecule has 0 radical (unpaired) electrons. The van der Waals surface area contributed by atoms with Crippen LogP contribution in [0.3, 0.4) is 0 Å². The van der Waals surface area contributed by atoms with Crippen molar-refractivity contribution < 1.29 is 22.8 Å². The molecule has 1 amide bonds. The van der Waals surface area contributed by atoms with E-state index < -0.39 is 18.7 Å². The van der Waals surface area contributed by atoms with Gasteiger partial charge >= 0.3 is 6.18 Å². The minimum absolute atomic E-state index is 0.177. The molecule has 1 rings (SSSR count). The Morgan fingerprint density at radius 1 is 1.50 bits per heavy atom. The SMILES string of the molecule is CCc1cc(C(=O)NOCC(F)(F)F)n(CC)n1. The van der Waals surface area contributed by atoms with Crippen LogP contribution in [0.2, 0.25) is 0 Å². The number of rotatable bonds is 5. The minimum atomic E-state index is -4.48. The lowest BCUT2D eigenvalue weighted by Crippen LogP contribution is -2.30. The van der Waals surface area contributed by atoms with Gasteiger partial charge in [0.15, 0.2) is 6.61 Å². The Bertz CT molecular complexity index is 415. The Kier molecular flexibility index (Phi) is 4.71. The largest absolute Gasteiger partial charge is 0.414 e. The standard InChI is InChI=1S/C10H14F3N3O2/c1-3-7-5-8(16(4-2)14-7)9(17)15-18-6-10(11,12)13/h5H,3-4,6H2,1-2H3,(H,15,17). The number of nitrogens with zero attached hydrogens (tertiary/aromatic N) is 2. The zero-order valence-electron chi connectivity index (χ0n) is 10.0. The molecule has 0 fully saturated rings. The fourth-order valence-corrected chi connectivity index (χ4v) is 1.30. The lowest BCUT2D eigenvalue weighted by molar-refractivity contribution is -0.184. The van der Waals surface area contributed by atoms with E-state index in [0.29, 0.717) is 18.7 Å². The topological polar surface area (TPSA) is 56.1 Å². The molecule has 0 saturated heterocycles. The fourth-order valence-electron chi connectivity index (χ4n) is 1.30. The van der Waals surface area contributed by atoms with E-state index >= 15 is 0 Å². The van der Waals surface area contributed by atoms with E-state index in [1.165, 1.54) is 10.7 Å². The van der Waals surface area contributed by atoms with Gasteiger partial charge in [-0.15, -0.1) is 0 Å². The number of hydrogen-bond acceptors (Lipinski definition) is 3. The third-order valence-corrected chi connectivity index (χ3v) is 2.13. The maximum Gasteiger partial charge on any atom is 0.414 e. The number of carbonyl (C=O) groups is 1. The Morgan fingerprint density at radius 2 is 2.17 bits per heavy atom. The van der Waals surface area contributed by atoms with Crippen LogP contribution in [0.5, 0.6) is 0 Å². The van der Waals surface area contributed by atoms with E-state index in [4.69, 9.17) is 0 Å². The number of nitrogens with one attached hydrogen (secondary N) is 1. The molecular weight excluding hydrogens is 251 g/mol. The van der Waals surface area contributed by atoms with Crippen LogP contribution in [0.1, 0.15) is 30.0 Å². The van der Waals surface area contributed by atoms with Crippen molar-refractivity contribution in [2.75, 3.05) is 6.61 Å². The number of halogens is 3.